The molecule has 2 heteroatoms. The van der Waals surface area contributed by atoms with Crippen molar-refractivity contribution in [1.82, 2.24) is 10.3 Å². The number of benzene rings is 1. The molecule has 0 radical (unpaired) electrons. The zero-order chi connectivity index (χ0) is 13.7. The van der Waals surface area contributed by atoms with Gasteiger partial charge in [0.15, 0.2) is 0 Å². The molecule has 0 spiro atoms. The number of rotatable bonds is 5. The predicted octanol–water partition coefficient (Wildman–Crippen LogP) is 3.46. The van der Waals surface area contributed by atoms with Gasteiger partial charge in [0.2, 0.25) is 0 Å². The molecule has 0 aliphatic rings. The van der Waals surface area contributed by atoms with Gasteiger partial charge in [0.1, 0.15) is 0 Å². The minimum Gasteiger partial charge on any atom is -0.313 e. The van der Waals surface area contributed by atoms with Crippen LogP contribution in [0.4, 0.5) is 0 Å². The summed E-state index contributed by atoms with van der Waals surface area (Å²) in [6.07, 6.45) is 5.93. The van der Waals surface area contributed by atoms with Crippen molar-refractivity contribution in [1.29, 1.82) is 0 Å². The average Bonchev–Trinajstić information content (AvgIpc) is 2.45. The van der Waals surface area contributed by atoms with Crippen molar-refractivity contribution in [2.45, 2.75) is 32.7 Å². The van der Waals surface area contributed by atoms with E-state index in [-0.39, 0.29) is 0 Å². The molecule has 1 N–H and O–H groups in total. The van der Waals surface area contributed by atoms with Crippen LogP contribution >= 0.6 is 0 Å². The Labute approximate surface area is 115 Å². The van der Waals surface area contributed by atoms with Crippen molar-refractivity contribution in [2.75, 3.05) is 7.05 Å². The lowest BCUT2D eigenvalue weighted by atomic mass is 9.98. The molecule has 1 aromatic carbocycles. The third-order valence-corrected chi connectivity index (χ3v) is 3.52. The van der Waals surface area contributed by atoms with Crippen LogP contribution in [-0.2, 0) is 12.8 Å². The summed E-state index contributed by atoms with van der Waals surface area (Å²) < 4.78 is 0. The summed E-state index contributed by atoms with van der Waals surface area (Å²) in [4.78, 5) is 4.28. The van der Waals surface area contributed by atoms with Crippen molar-refractivity contribution in [2.24, 2.45) is 0 Å². The van der Waals surface area contributed by atoms with Crippen LogP contribution in [-0.4, -0.2) is 12.0 Å². The molecule has 1 atom stereocenters. The first-order valence-electron chi connectivity index (χ1n) is 6.89. The fourth-order valence-corrected chi connectivity index (χ4v) is 2.30. The molecule has 2 rings (SSSR count). The van der Waals surface area contributed by atoms with Crippen LogP contribution in [0.3, 0.4) is 0 Å². The van der Waals surface area contributed by atoms with Gasteiger partial charge in [-0.15, -0.1) is 0 Å². The van der Waals surface area contributed by atoms with Gasteiger partial charge in [-0.25, -0.2) is 0 Å². The standard InChI is InChI=1S/C17H22N2/c1-4-14-5-7-15(8-6-14)10-17(18-3)16-9-13(2)11-19-12-16/h5-9,11-12,17-18H,4,10H2,1-3H3. The van der Waals surface area contributed by atoms with Gasteiger partial charge in [0.25, 0.3) is 0 Å². The molecule has 0 saturated heterocycles. The maximum absolute atomic E-state index is 4.28. The van der Waals surface area contributed by atoms with E-state index >= 15 is 0 Å². The Hall–Kier alpha value is -1.67. The lowest BCUT2D eigenvalue weighted by Crippen LogP contribution is -2.19. The van der Waals surface area contributed by atoms with E-state index in [0.29, 0.717) is 6.04 Å². The first-order chi connectivity index (χ1) is 9.22. The summed E-state index contributed by atoms with van der Waals surface area (Å²) in [7, 11) is 2.01. The molecule has 1 unspecified atom stereocenters. The highest BCUT2D eigenvalue weighted by Crippen LogP contribution is 2.18. The first kappa shape index (κ1) is 13.8. The van der Waals surface area contributed by atoms with Crippen molar-refractivity contribution < 1.29 is 0 Å². The predicted molar refractivity (Wildman–Crippen MR) is 80.3 cm³/mol. The number of likely N-dealkylation sites (N-methyl/N-ethyl adjacent to an activating group) is 1. The Balaban J connectivity index is 2.14. The van der Waals surface area contributed by atoms with E-state index < -0.39 is 0 Å². The van der Waals surface area contributed by atoms with Gasteiger partial charge in [-0.1, -0.05) is 37.3 Å². The van der Waals surface area contributed by atoms with Crippen LogP contribution in [0.15, 0.2) is 42.7 Å². The number of nitrogens with one attached hydrogen (secondary N) is 1. The molecule has 0 saturated carbocycles. The fraction of sp³-hybridized carbons (Fsp3) is 0.353. The monoisotopic (exact) mass is 254 g/mol. The number of hydrogen-bond donors (Lipinski definition) is 1. The summed E-state index contributed by atoms with van der Waals surface area (Å²) in [5.74, 6) is 0. The molecule has 100 valence electrons. The highest BCUT2D eigenvalue weighted by molar-refractivity contribution is 5.26. The molecule has 19 heavy (non-hydrogen) atoms. The van der Waals surface area contributed by atoms with Crippen molar-refractivity contribution >= 4 is 0 Å². The lowest BCUT2D eigenvalue weighted by Gasteiger charge is -2.17. The topological polar surface area (TPSA) is 24.9 Å². The molecule has 0 aliphatic heterocycles. The van der Waals surface area contributed by atoms with Crippen molar-refractivity contribution in [3.8, 4) is 0 Å². The van der Waals surface area contributed by atoms with E-state index in [2.05, 4.69) is 54.5 Å². The zero-order valence-corrected chi connectivity index (χ0v) is 12.0. The number of aromatic nitrogens is 1. The van der Waals surface area contributed by atoms with Gasteiger partial charge in [0, 0.05) is 18.4 Å². The molecular weight excluding hydrogens is 232 g/mol. The third kappa shape index (κ3) is 3.65. The molecule has 0 amide bonds. The Morgan fingerprint density at radius 1 is 1.11 bits per heavy atom. The van der Waals surface area contributed by atoms with Crippen molar-refractivity contribution in [3.05, 3.63) is 65.0 Å². The van der Waals surface area contributed by atoms with Gasteiger partial charge >= 0.3 is 0 Å². The van der Waals surface area contributed by atoms with E-state index in [4.69, 9.17) is 0 Å². The third-order valence-electron chi connectivity index (χ3n) is 3.52. The first-order valence-corrected chi connectivity index (χ1v) is 6.89. The molecule has 0 aliphatic carbocycles. The normalized spacial score (nSPS) is 12.4. The lowest BCUT2D eigenvalue weighted by molar-refractivity contribution is 0.589. The molecule has 2 nitrogen and oxygen atoms in total. The van der Waals surface area contributed by atoms with Crippen LogP contribution in [0.5, 0.6) is 0 Å². The second-order valence-corrected chi connectivity index (χ2v) is 5.01. The summed E-state index contributed by atoms with van der Waals surface area (Å²) in [6.45, 7) is 4.27. The molecule has 2 aromatic rings. The van der Waals surface area contributed by atoms with E-state index in [1.165, 1.54) is 22.3 Å². The molecular formula is C17H22N2. The van der Waals surface area contributed by atoms with Gasteiger partial charge in [-0.05, 0) is 49.1 Å². The second-order valence-electron chi connectivity index (χ2n) is 5.01. The van der Waals surface area contributed by atoms with Crippen LogP contribution < -0.4 is 5.32 Å². The Kier molecular flexibility index (Phi) is 4.69. The van der Waals surface area contributed by atoms with Gasteiger partial charge < -0.3 is 5.32 Å². The van der Waals surface area contributed by atoms with Gasteiger partial charge in [0.05, 0.1) is 0 Å². The quantitative estimate of drug-likeness (QED) is 0.884. The molecule has 0 fully saturated rings. The van der Waals surface area contributed by atoms with Crippen LogP contribution in [0, 0.1) is 6.92 Å². The van der Waals surface area contributed by atoms with E-state index in [1.807, 2.05) is 19.4 Å². The van der Waals surface area contributed by atoms with E-state index in [9.17, 15) is 0 Å². The van der Waals surface area contributed by atoms with Gasteiger partial charge in [-0.3, -0.25) is 4.98 Å². The van der Waals surface area contributed by atoms with Crippen LogP contribution in [0.25, 0.3) is 0 Å². The Bertz CT molecular complexity index is 517. The minimum absolute atomic E-state index is 0.319. The SMILES string of the molecule is CCc1ccc(CC(NC)c2cncc(C)c2)cc1. The van der Waals surface area contributed by atoms with Gasteiger partial charge in [-0.2, -0.15) is 0 Å². The number of hydrogen-bond acceptors (Lipinski definition) is 2. The average molecular weight is 254 g/mol. The van der Waals surface area contributed by atoms with E-state index in [0.717, 1.165) is 12.8 Å². The Morgan fingerprint density at radius 3 is 2.37 bits per heavy atom. The summed E-state index contributed by atoms with van der Waals surface area (Å²) in [6, 6.07) is 11.4. The van der Waals surface area contributed by atoms with Crippen LogP contribution in [0.2, 0.25) is 0 Å². The fourth-order valence-electron chi connectivity index (χ4n) is 2.30. The summed E-state index contributed by atoms with van der Waals surface area (Å²) in [5.41, 5.74) is 5.21. The number of pyridine rings is 1. The highest BCUT2D eigenvalue weighted by atomic mass is 14.9. The maximum atomic E-state index is 4.28. The molecule has 0 bridgehead atoms. The Morgan fingerprint density at radius 2 is 1.79 bits per heavy atom. The summed E-state index contributed by atoms with van der Waals surface area (Å²) >= 11 is 0. The largest absolute Gasteiger partial charge is 0.313 e. The van der Waals surface area contributed by atoms with E-state index in [1.54, 1.807) is 0 Å². The maximum Gasteiger partial charge on any atom is 0.0373 e. The zero-order valence-electron chi connectivity index (χ0n) is 12.0. The summed E-state index contributed by atoms with van der Waals surface area (Å²) in [5, 5.41) is 3.38. The molecule has 1 aromatic heterocycles. The number of aryl methyl sites for hydroxylation is 2. The minimum atomic E-state index is 0.319. The smallest absolute Gasteiger partial charge is 0.0373 e. The number of nitrogens with zero attached hydrogens (tertiary/aromatic N) is 1. The second kappa shape index (κ2) is 6.48. The van der Waals surface area contributed by atoms with Crippen molar-refractivity contribution in [3.63, 3.8) is 0 Å². The molecule has 1 heterocycles. The highest BCUT2D eigenvalue weighted by Gasteiger charge is 2.10. The van der Waals surface area contributed by atoms with Crippen LogP contribution in [0.1, 0.15) is 35.2 Å².